The molecule has 3 heterocycles. The number of ether oxygens (including phenoxy) is 1. The number of aromatic nitrogens is 1. The van der Waals surface area contributed by atoms with Crippen molar-refractivity contribution in [3.8, 4) is 5.75 Å². The first-order valence-electron chi connectivity index (χ1n) is 8.53. The molecule has 5 nitrogen and oxygen atoms in total. The Hall–Kier alpha value is -1.33. The maximum Gasteiger partial charge on any atom is 0.171 e. The number of pyridine rings is 1. The van der Waals surface area contributed by atoms with Crippen LogP contribution in [0.1, 0.15) is 25.7 Å². The minimum absolute atomic E-state index is 0.682. The second-order valence-corrected chi connectivity index (χ2v) is 7.00. The molecule has 2 aliphatic heterocycles. The Morgan fingerprint density at radius 1 is 1.05 bits per heavy atom. The van der Waals surface area contributed by atoms with Gasteiger partial charge in [-0.25, -0.2) is 15.0 Å². The summed E-state index contributed by atoms with van der Waals surface area (Å²) in [6.07, 6.45) is 7.65. The van der Waals surface area contributed by atoms with Gasteiger partial charge in [0.25, 0.3) is 0 Å². The van der Waals surface area contributed by atoms with Gasteiger partial charge in [0.2, 0.25) is 0 Å². The minimum atomic E-state index is 0.682. The molecular formula is C17H26N4O. The molecule has 1 spiro atoms. The van der Waals surface area contributed by atoms with Gasteiger partial charge in [0.15, 0.2) is 11.6 Å². The summed E-state index contributed by atoms with van der Waals surface area (Å²) in [7, 11) is 1.72. The Morgan fingerprint density at radius 3 is 2.45 bits per heavy atom. The van der Waals surface area contributed by atoms with Gasteiger partial charge in [-0.1, -0.05) is 12.8 Å². The smallest absolute Gasteiger partial charge is 0.171 e. The van der Waals surface area contributed by atoms with Gasteiger partial charge in [0, 0.05) is 45.5 Å². The van der Waals surface area contributed by atoms with E-state index in [4.69, 9.17) is 4.74 Å². The fourth-order valence-corrected chi connectivity index (χ4v) is 4.34. The third-order valence-electron chi connectivity index (χ3n) is 5.63. The summed E-state index contributed by atoms with van der Waals surface area (Å²) in [6, 6.07) is 3.92. The van der Waals surface area contributed by atoms with Gasteiger partial charge in [-0.05, 0) is 30.4 Å². The number of anilines is 1. The van der Waals surface area contributed by atoms with E-state index in [1.807, 2.05) is 18.3 Å². The van der Waals surface area contributed by atoms with Crippen molar-refractivity contribution in [1.29, 1.82) is 0 Å². The lowest BCUT2D eigenvalue weighted by molar-refractivity contribution is -0.150. The van der Waals surface area contributed by atoms with Gasteiger partial charge in [0.05, 0.1) is 7.11 Å². The monoisotopic (exact) mass is 302 g/mol. The summed E-state index contributed by atoms with van der Waals surface area (Å²) in [5.74, 6) is 1.87. The fourth-order valence-electron chi connectivity index (χ4n) is 4.34. The molecule has 22 heavy (non-hydrogen) atoms. The van der Waals surface area contributed by atoms with E-state index in [2.05, 4.69) is 19.9 Å². The molecule has 0 atom stereocenters. The minimum Gasteiger partial charge on any atom is -0.493 e. The SMILES string of the molecule is COc1cccnc1N1CCN(N2CC3(CCCC3)C2)CC1. The number of nitrogens with zero attached hydrogens (tertiary/aromatic N) is 4. The van der Waals surface area contributed by atoms with E-state index < -0.39 is 0 Å². The van der Waals surface area contributed by atoms with E-state index in [1.54, 1.807) is 7.11 Å². The van der Waals surface area contributed by atoms with Gasteiger partial charge < -0.3 is 9.64 Å². The van der Waals surface area contributed by atoms with Crippen molar-refractivity contribution in [3.05, 3.63) is 18.3 Å². The molecule has 3 aliphatic rings. The van der Waals surface area contributed by atoms with Crippen molar-refractivity contribution < 1.29 is 4.74 Å². The molecule has 0 unspecified atom stereocenters. The van der Waals surface area contributed by atoms with Crippen molar-refractivity contribution in [2.75, 3.05) is 51.3 Å². The van der Waals surface area contributed by atoms with Crippen LogP contribution in [0.3, 0.4) is 0 Å². The summed E-state index contributed by atoms with van der Waals surface area (Å²) >= 11 is 0. The highest BCUT2D eigenvalue weighted by atomic mass is 16.5. The van der Waals surface area contributed by atoms with Gasteiger partial charge in [-0.15, -0.1) is 0 Å². The van der Waals surface area contributed by atoms with Gasteiger partial charge in [-0.3, -0.25) is 0 Å². The van der Waals surface area contributed by atoms with Crippen LogP contribution in [0.15, 0.2) is 18.3 Å². The number of hydrogen-bond acceptors (Lipinski definition) is 5. The molecule has 1 aromatic heterocycles. The molecule has 2 saturated heterocycles. The first kappa shape index (κ1) is 14.3. The lowest BCUT2D eigenvalue weighted by Crippen LogP contribution is -2.65. The van der Waals surface area contributed by atoms with E-state index in [0.717, 1.165) is 37.7 Å². The third kappa shape index (κ3) is 2.46. The zero-order valence-electron chi connectivity index (χ0n) is 13.5. The molecule has 1 aliphatic carbocycles. The highest BCUT2D eigenvalue weighted by Gasteiger charge is 2.46. The van der Waals surface area contributed by atoms with E-state index in [0.29, 0.717) is 5.41 Å². The van der Waals surface area contributed by atoms with E-state index in [-0.39, 0.29) is 0 Å². The summed E-state index contributed by atoms with van der Waals surface area (Å²) in [4.78, 5) is 6.85. The van der Waals surface area contributed by atoms with E-state index in [9.17, 15) is 0 Å². The molecule has 3 fully saturated rings. The summed E-state index contributed by atoms with van der Waals surface area (Å²) in [6.45, 7) is 6.82. The van der Waals surface area contributed by atoms with Crippen molar-refractivity contribution in [1.82, 2.24) is 15.0 Å². The van der Waals surface area contributed by atoms with Crippen LogP contribution in [0, 0.1) is 5.41 Å². The Balaban J connectivity index is 1.33. The lowest BCUT2D eigenvalue weighted by Gasteiger charge is -2.54. The van der Waals surface area contributed by atoms with Crippen LogP contribution in [0.5, 0.6) is 5.75 Å². The predicted molar refractivity (Wildman–Crippen MR) is 87.0 cm³/mol. The Labute approximate surface area is 132 Å². The fraction of sp³-hybridized carbons (Fsp3) is 0.706. The molecular weight excluding hydrogens is 276 g/mol. The molecule has 1 aromatic rings. The van der Waals surface area contributed by atoms with Crippen LogP contribution in [-0.4, -0.2) is 61.4 Å². The summed E-state index contributed by atoms with van der Waals surface area (Å²) < 4.78 is 5.44. The molecule has 0 N–H and O–H groups in total. The molecule has 0 radical (unpaired) electrons. The average molecular weight is 302 g/mol. The number of piperazine rings is 1. The van der Waals surface area contributed by atoms with Crippen LogP contribution in [0.25, 0.3) is 0 Å². The highest BCUT2D eigenvalue weighted by Crippen LogP contribution is 2.46. The lowest BCUT2D eigenvalue weighted by atomic mass is 9.79. The molecule has 4 rings (SSSR count). The zero-order chi connectivity index (χ0) is 15.0. The Morgan fingerprint density at radius 2 is 1.77 bits per heavy atom. The topological polar surface area (TPSA) is 31.8 Å². The molecule has 0 aromatic carbocycles. The van der Waals surface area contributed by atoms with Crippen molar-refractivity contribution in [2.45, 2.75) is 25.7 Å². The van der Waals surface area contributed by atoms with E-state index in [1.165, 1.54) is 38.8 Å². The van der Waals surface area contributed by atoms with Gasteiger partial charge in [-0.2, -0.15) is 0 Å². The summed E-state index contributed by atoms with van der Waals surface area (Å²) in [5.41, 5.74) is 0.682. The molecule has 120 valence electrons. The molecule has 1 saturated carbocycles. The van der Waals surface area contributed by atoms with Crippen LogP contribution < -0.4 is 9.64 Å². The normalized spacial score (nSPS) is 25.4. The van der Waals surface area contributed by atoms with Crippen molar-refractivity contribution in [2.24, 2.45) is 5.41 Å². The van der Waals surface area contributed by atoms with Crippen LogP contribution >= 0.6 is 0 Å². The average Bonchev–Trinajstić information content (AvgIpc) is 3.04. The quantitative estimate of drug-likeness (QED) is 0.852. The molecule has 0 bridgehead atoms. The largest absolute Gasteiger partial charge is 0.493 e. The standard InChI is InChI=1S/C17H26N4O/c1-22-15-5-4-8-18-16(15)19-9-11-20(12-10-19)21-13-17(14-21)6-2-3-7-17/h4-5,8H,2-3,6-7,9-14H2,1H3. The zero-order valence-corrected chi connectivity index (χ0v) is 13.5. The third-order valence-corrected chi connectivity index (χ3v) is 5.63. The first-order valence-corrected chi connectivity index (χ1v) is 8.53. The number of hydrogen-bond donors (Lipinski definition) is 0. The summed E-state index contributed by atoms with van der Waals surface area (Å²) in [5, 5.41) is 5.13. The van der Waals surface area contributed by atoms with E-state index >= 15 is 0 Å². The Bertz CT molecular complexity index is 513. The predicted octanol–water partition coefficient (Wildman–Crippen LogP) is 2.00. The van der Waals surface area contributed by atoms with Gasteiger partial charge in [0.1, 0.15) is 0 Å². The second-order valence-electron chi connectivity index (χ2n) is 7.00. The second kappa shape index (κ2) is 5.70. The highest BCUT2D eigenvalue weighted by molar-refractivity contribution is 5.52. The number of methoxy groups -OCH3 is 1. The molecule has 0 amide bonds. The first-order chi connectivity index (χ1) is 10.8. The van der Waals surface area contributed by atoms with Crippen molar-refractivity contribution in [3.63, 3.8) is 0 Å². The van der Waals surface area contributed by atoms with Gasteiger partial charge >= 0.3 is 0 Å². The number of rotatable bonds is 3. The number of hydrazine groups is 1. The van der Waals surface area contributed by atoms with Crippen molar-refractivity contribution >= 4 is 5.82 Å². The maximum atomic E-state index is 5.44. The Kier molecular flexibility index (Phi) is 3.70. The van der Waals surface area contributed by atoms with Crippen LogP contribution in [0.4, 0.5) is 5.82 Å². The van der Waals surface area contributed by atoms with Crippen LogP contribution in [-0.2, 0) is 0 Å². The van der Waals surface area contributed by atoms with Crippen LogP contribution in [0.2, 0.25) is 0 Å². The molecule has 5 heteroatoms. The maximum absolute atomic E-state index is 5.44.